The van der Waals surface area contributed by atoms with Crippen LogP contribution in [0.15, 0.2) is 71.8 Å². The van der Waals surface area contributed by atoms with Crippen LogP contribution in [0, 0.1) is 0 Å². The van der Waals surface area contributed by atoms with Crippen molar-refractivity contribution in [2.45, 2.75) is 12.5 Å². The third kappa shape index (κ3) is 4.24. The summed E-state index contributed by atoms with van der Waals surface area (Å²) in [6, 6.07) is 19.6. The van der Waals surface area contributed by atoms with Crippen LogP contribution in [0.3, 0.4) is 0 Å². The van der Waals surface area contributed by atoms with Crippen molar-refractivity contribution in [2.75, 3.05) is 14.2 Å². The smallest absolute Gasteiger partial charge is 0.276 e. The number of rotatable bonds is 5. The van der Waals surface area contributed by atoms with E-state index in [9.17, 15) is 4.79 Å². The molecule has 1 amide bonds. The Morgan fingerprint density at radius 2 is 1.55 bits per heavy atom. The maximum absolute atomic E-state index is 13.4. The van der Waals surface area contributed by atoms with Crippen LogP contribution in [-0.2, 0) is 0 Å². The highest BCUT2D eigenvalue weighted by atomic mass is 35.5. The summed E-state index contributed by atoms with van der Waals surface area (Å²) in [6.45, 7) is 0. The Balaban J connectivity index is 1.80. The molecule has 0 fully saturated rings. The first-order chi connectivity index (χ1) is 15.0. The molecule has 1 heterocycles. The molecule has 1 aliphatic rings. The number of halogens is 2. The van der Waals surface area contributed by atoms with Crippen LogP contribution in [-0.4, -0.2) is 30.8 Å². The lowest BCUT2D eigenvalue weighted by molar-refractivity contribution is 0.0711. The third-order valence-electron chi connectivity index (χ3n) is 5.17. The second-order valence-corrected chi connectivity index (χ2v) is 7.83. The van der Waals surface area contributed by atoms with E-state index in [1.165, 1.54) is 5.01 Å². The number of methoxy groups -OCH3 is 2. The molecular formula is C24H20Cl2N2O3. The molecule has 0 aliphatic carbocycles. The fourth-order valence-corrected chi connectivity index (χ4v) is 4.07. The standard InChI is InChI=1S/C24H20Cl2N2O3/c1-30-16-11-15(12-17(13-16)31-2)22-14-23(18-7-3-5-9-20(18)25)28(27-22)24(29)19-8-4-6-10-21(19)26/h3-13,23H,14H2,1-2H3/t23-/m1/s1. The zero-order chi connectivity index (χ0) is 22.0. The minimum Gasteiger partial charge on any atom is -0.497 e. The summed E-state index contributed by atoms with van der Waals surface area (Å²) in [5.41, 5.74) is 2.73. The van der Waals surface area contributed by atoms with Gasteiger partial charge >= 0.3 is 0 Å². The lowest BCUT2D eigenvalue weighted by atomic mass is 9.97. The number of carbonyl (C=O) groups excluding carboxylic acids is 1. The molecule has 5 nitrogen and oxygen atoms in total. The second-order valence-electron chi connectivity index (χ2n) is 7.02. The van der Waals surface area contributed by atoms with Crippen molar-refractivity contribution in [3.63, 3.8) is 0 Å². The second kappa shape index (κ2) is 9.00. The third-order valence-corrected chi connectivity index (χ3v) is 5.85. The molecule has 0 aromatic heterocycles. The molecule has 7 heteroatoms. The fraction of sp³-hybridized carbons (Fsp3) is 0.167. The number of nitrogens with zero attached hydrogens (tertiary/aromatic N) is 2. The van der Waals surface area contributed by atoms with E-state index in [0.29, 0.717) is 33.5 Å². The Hall–Kier alpha value is -3.02. The highest BCUT2D eigenvalue weighted by molar-refractivity contribution is 6.34. The van der Waals surface area contributed by atoms with Gasteiger partial charge in [0.2, 0.25) is 0 Å². The minimum absolute atomic E-state index is 0.291. The van der Waals surface area contributed by atoms with Crippen LogP contribution in [0.1, 0.15) is 33.9 Å². The van der Waals surface area contributed by atoms with Gasteiger partial charge in [-0.1, -0.05) is 53.5 Å². The van der Waals surface area contributed by atoms with Gasteiger partial charge in [-0.15, -0.1) is 0 Å². The molecule has 1 atom stereocenters. The first-order valence-electron chi connectivity index (χ1n) is 9.65. The molecule has 4 rings (SSSR count). The van der Waals surface area contributed by atoms with Gasteiger partial charge in [-0.2, -0.15) is 5.10 Å². The largest absolute Gasteiger partial charge is 0.497 e. The molecule has 0 unspecified atom stereocenters. The van der Waals surface area contributed by atoms with E-state index in [1.54, 1.807) is 44.6 Å². The lowest BCUT2D eigenvalue weighted by Gasteiger charge is -2.23. The van der Waals surface area contributed by atoms with Crippen LogP contribution >= 0.6 is 23.2 Å². The summed E-state index contributed by atoms with van der Waals surface area (Å²) in [5, 5.41) is 7.11. The van der Waals surface area contributed by atoms with E-state index in [1.807, 2.05) is 36.4 Å². The average Bonchev–Trinajstić information content (AvgIpc) is 3.24. The SMILES string of the molecule is COc1cc(OC)cc(C2=NN(C(=O)c3ccccc3Cl)[C@@H](c3ccccc3Cl)C2)c1. The summed E-state index contributed by atoms with van der Waals surface area (Å²) in [7, 11) is 3.18. The molecule has 3 aromatic rings. The van der Waals surface area contributed by atoms with Gasteiger partial charge in [0.15, 0.2) is 0 Å². The van der Waals surface area contributed by atoms with Crippen molar-refractivity contribution < 1.29 is 14.3 Å². The molecule has 31 heavy (non-hydrogen) atoms. The highest BCUT2D eigenvalue weighted by Gasteiger charge is 2.35. The first kappa shape index (κ1) is 21.2. The van der Waals surface area contributed by atoms with Crippen LogP contribution in [0.5, 0.6) is 11.5 Å². The molecule has 0 saturated heterocycles. The van der Waals surface area contributed by atoms with E-state index in [4.69, 9.17) is 37.8 Å². The summed E-state index contributed by atoms with van der Waals surface area (Å²) in [4.78, 5) is 13.4. The van der Waals surface area contributed by atoms with Crippen LogP contribution < -0.4 is 9.47 Å². The minimum atomic E-state index is -0.371. The average molecular weight is 455 g/mol. The summed E-state index contributed by atoms with van der Waals surface area (Å²) >= 11 is 12.8. The summed E-state index contributed by atoms with van der Waals surface area (Å²) in [6.07, 6.45) is 0.482. The Kier molecular flexibility index (Phi) is 6.16. The number of ether oxygens (including phenoxy) is 2. The Morgan fingerprint density at radius 1 is 0.935 bits per heavy atom. The van der Waals surface area contributed by atoms with Gasteiger partial charge in [-0.25, -0.2) is 5.01 Å². The van der Waals surface area contributed by atoms with Crippen LogP contribution in [0.25, 0.3) is 0 Å². The van der Waals surface area contributed by atoms with Crippen molar-refractivity contribution in [1.29, 1.82) is 0 Å². The molecular weight excluding hydrogens is 435 g/mol. The van der Waals surface area contributed by atoms with Crippen molar-refractivity contribution >= 4 is 34.8 Å². The molecule has 0 radical (unpaired) electrons. The van der Waals surface area contributed by atoms with Crippen molar-refractivity contribution in [2.24, 2.45) is 5.10 Å². The summed E-state index contributed by atoms with van der Waals surface area (Å²) in [5.74, 6) is 0.991. The zero-order valence-corrected chi connectivity index (χ0v) is 18.5. The van der Waals surface area contributed by atoms with Gasteiger partial charge in [0, 0.05) is 23.1 Å². The highest BCUT2D eigenvalue weighted by Crippen LogP contribution is 2.38. The number of hydrogen-bond donors (Lipinski definition) is 0. The molecule has 0 spiro atoms. The number of benzene rings is 3. The van der Waals surface area contributed by atoms with Gasteiger partial charge in [0.1, 0.15) is 11.5 Å². The number of amides is 1. The molecule has 0 N–H and O–H groups in total. The Morgan fingerprint density at radius 3 is 2.16 bits per heavy atom. The van der Waals surface area contributed by atoms with E-state index in [0.717, 1.165) is 16.8 Å². The van der Waals surface area contributed by atoms with Crippen molar-refractivity contribution in [3.8, 4) is 11.5 Å². The molecule has 1 aliphatic heterocycles. The molecule has 3 aromatic carbocycles. The fourth-order valence-electron chi connectivity index (χ4n) is 3.59. The Labute approximate surface area is 190 Å². The number of carbonyl (C=O) groups is 1. The monoisotopic (exact) mass is 454 g/mol. The quantitative estimate of drug-likeness (QED) is 0.474. The Bertz CT molecular complexity index is 1140. The predicted molar refractivity (Wildman–Crippen MR) is 123 cm³/mol. The number of hydrogen-bond acceptors (Lipinski definition) is 4. The predicted octanol–water partition coefficient (Wildman–Crippen LogP) is 6.00. The molecule has 158 valence electrons. The number of hydrazone groups is 1. The van der Waals surface area contributed by atoms with Crippen LogP contribution in [0.4, 0.5) is 0 Å². The topological polar surface area (TPSA) is 51.1 Å². The van der Waals surface area contributed by atoms with E-state index >= 15 is 0 Å². The van der Waals surface area contributed by atoms with Gasteiger partial charge in [-0.3, -0.25) is 4.79 Å². The zero-order valence-electron chi connectivity index (χ0n) is 17.0. The van der Waals surface area contributed by atoms with Crippen molar-refractivity contribution in [1.82, 2.24) is 5.01 Å². The summed E-state index contributed by atoms with van der Waals surface area (Å²) < 4.78 is 10.8. The normalized spacial score (nSPS) is 15.5. The van der Waals surface area contributed by atoms with Gasteiger partial charge in [0.25, 0.3) is 5.91 Å². The molecule has 0 saturated carbocycles. The van der Waals surface area contributed by atoms with Gasteiger partial charge in [-0.05, 0) is 35.9 Å². The molecule has 0 bridgehead atoms. The maximum Gasteiger partial charge on any atom is 0.276 e. The van der Waals surface area contributed by atoms with E-state index < -0.39 is 0 Å². The lowest BCUT2D eigenvalue weighted by Crippen LogP contribution is -2.27. The van der Waals surface area contributed by atoms with Crippen LogP contribution in [0.2, 0.25) is 10.0 Å². The van der Waals surface area contributed by atoms with E-state index in [2.05, 4.69) is 0 Å². The van der Waals surface area contributed by atoms with E-state index in [-0.39, 0.29) is 11.9 Å². The van der Waals surface area contributed by atoms with Crippen molar-refractivity contribution in [3.05, 3.63) is 93.5 Å². The maximum atomic E-state index is 13.4. The first-order valence-corrected chi connectivity index (χ1v) is 10.4. The van der Waals surface area contributed by atoms with Gasteiger partial charge in [0.05, 0.1) is 36.6 Å². The van der Waals surface area contributed by atoms with Gasteiger partial charge < -0.3 is 9.47 Å².